The summed E-state index contributed by atoms with van der Waals surface area (Å²) >= 11 is 11.1. The number of nitrogens with zero attached hydrogens (tertiary/aromatic N) is 2. The Morgan fingerprint density at radius 2 is 1.94 bits per heavy atom. The number of aromatic hydroxyl groups is 1. The van der Waals surface area contributed by atoms with Crippen LogP contribution >= 0.6 is 38.9 Å². The van der Waals surface area contributed by atoms with E-state index in [1.807, 2.05) is 22.8 Å². The summed E-state index contributed by atoms with van der Waals surface area (Å²) in [6.45, 7) is 0. The van der Waals surface area contributed by atoms with Crippen LogP contribution in [0.4, 0.5) is 0 Å². The molecule has 4 aromatic rings. The second-order valence-electron chi connectivity index (χ2n) is 8.72. The lowest BCUT2D eigenvalue weighted by Gasteiger charge is -2.30. The largest absolute Gasteiger partial charge is 0.503 e. The van der Waals surface area contributed by atoms with E-state index < -0.39 is 0 Å². The summed E-state index contributed by atoms with van der Waals surface area (Å²) in [5.74, 6) is 0.126. The molecule has 0 unspecified atom stereocenters. The summed E-state index contributed by atoms with van der Waals surface area (Å²) in [5, 5.41) is 10.3. The van der Waals surface area contributed by atoms with Crippen molar-refractivity contribution < 1.29 is 9.84 Å². The van der Waals surface area contributed by atoms with E-state index in [0.717, 1.165) is 39.7 Å². The number of aryl methyl sites for hydroxylation is 1. The van der Waals surface area contributed by atoms with E-state index in [9.17, 15) is 9.90 Å². The minimum atomic E-state index is -0.238. The number of hydrogen-bond acceptors (Lipinski definition) is 5. The second-order valence-corrected chi connectivity index (χ2v) is 11.1. The normalized spacial score (nSPS) is 16.8. The zero-order valence-corrected chi connectivity index (χ0v) is 22.3. The van der Waals surface area contributed by atoms with Crippen molar-refractivity contribution in [3.05, 3.63) is 118 Å². The van der Waals surface area contributed by atoms with Gasteiger partial charge in [0.1, 0.15) is 0 Å². The van der Waals surface area contributed by atoms with Crippen LogP contribution in [0.5, 0.6) is 11.5 Å². The van der Waals surface area contributed by atoms with Crippen LogP contribution in [-0.2, 0) is 6.42 Å². The highest BCUT2D eigenvalue weighted by Gasteiger charge is 2.32. The maximum Gasteiger partial charge on any atom is 0.271 e. The fourth-order valence-electron chi connectivity index (χ4n) is 4.95. The quantitative estimate of drug-likeness (QED) is 0.351. The summed E-state index contributed by atoms with van der Waals surface area (Å²) in [7, 11) is 1.46. The smallest absolute Gasteiger partial charge is 0.271 e. The number of aromatic nitrogens is 1. The highest BCUT2D eigenvalue weighted by Crippen LogP contribution is 2.41. The van der Waals surface area contributed by atoms with Gasteiger partial charge in [-0.1, -0.05) is 75.3 Å². The molecule has 2 heterocycles. The van der Waals surface area contributed by atoms with Crippen molar-refractivity contribution in [2.45, 2.75) is 18.9 Å². The number of methoxy groups -OCH3 is 1. The van der Waals surface area contributed by atoms with Gasteiger partial charge in [-0.15, -0.1) is 0 Å². The summed E-state index contributed by atoms with van der Waals surface area (Å²) in [5.41, 5.74) is 6.13. The number of phenols is 1. The molecule has 5 nitrogen and oxygen atoms in total. The van der Waals surface area contributed by atoms with Crippen molar-refractivity contribution in [2.24, 2.45) is 4.99 Å². The minimum absolute atomic E-state index is 0.111. The Morgan fingerprint density at radius 3 is 2.72 bits per heavy atom. The average Bonchev–Trinajstić information content (AvgIpc) is 3.19. The molecule has 36 heavy (non-hydrogen) atoms. The summed E-state index contributed by atoms with van der Waals surface area (Å²) in [4.78, 5) is 19.5. The van der Waals surface area contributed by atoms with Crippen LogP contribution in [0, 0.1) is 0 Å². The van der Waals surface area contributed by atoms with E-state index in [-0.39, 0.29) is 28.1 Å². The Balaban J connectivity index is 1.61. The molecular weight excluding hydrogens is 560 g/mol. The first-order valence-electron chi connectivity index (χ1n) is 11.4. The number of phenolic OH excluding ortho intramolecular Hbond substituents is 1. The van der Waals surface area contributed by atoms with Gasteiger partial charge in [0.25, 0.3) is 5.56 Å². The number of allylic oxidation sites excluding steroid dienone is 1. The van der Waals surface area contributed by atoms with Gasteiger partial charge >= 0.3 is 0 Å². The average molecular weight is 580 g/mol. The summed E-state index contributed by atoms with van der Waals surface area (Å²) in [6, 6.07) is 19.5. The number of ether oxygens (including phenoxy) is 1. The van der Waals surface area contributed by atoms with E-state index in [1.54, 1.807) is 18.2 Å². The van der Waals surface area contributed by atoms with Crippen LogP contribution in [0.1, 0.15) is 34.7 Å². The lowest BCUT2D eigenvalue weighted by molar-refractivity contribution is 0.373. The maximum atomic E-state index is 13.8. The van der Waals surface area contributed by atoms with Gasteiger partial charge < -0.3 is 9.84 Å². The van der Waals surface area contributed by atoms with Crippen molar-refractivity contribution in [1.82, 2.24) is 4.57 Å². The Bertz CT molecular complexity index is 1740. The van der Waals surface area contributed by atoms with Crippen LogP contribution in [0.2, 0.25) is 5.02 Å². The molecule has 0 saturated heterocycles. The molecule has 8 heteroatoms. The molecule has 3 aromatic carbocycles. The van der Waals surface area contributed by atoms with Crippen LogP contribution in [-0.4, -0.2) is 16.8 Å². The minimum Gasteiger partial charge on any atom is -0.503 e. The third-order valence-electron chi connectivity index (χ3n) is 6.63. The van der Waals surface area contributed by atoms with Gasteiger partial charge in [-0.05, 0) is 65.4 Å². The number of rotatable bonds is 3. The van der Waals surface area contributed by atoms with Gasteiger partial charge in [0.2, 0.25) is 0 Å². The molecule has 0 radical (unpaired) electrons. The van der Waals surface area contributed by atoms with Crippen molar-refractivity contribution in [1.29, 1.82) is 0 Å². The number of halogens is 2. The van der Waals surface area contributed by atoms with Crippen molar-refractivity contribution in [3.8, 4) is 11.5 Å². The van der Waals surface area contributed by atoms with Crippen LogP contribution < -0.4 is 19.6 Å². The number of benzene rings is 3. The molecule has 6 rings (SSSR count). The fourth-order valence-corrected chi connectivity index (χ4v) is 6.44. The van der Waals surface area contributed by atoms with E-state index in [4.69, 9.17) is 21.3 Å². The van der Waals surface area contributed by atoms with Crippen LogP contribution in [0.15, 0.2) is 80.5 Å². The van der Waals surface area contributed by atoms with Crippen molar-refractivity contribution >= 4 is 50.6 Å². The lowest BCUT2D eigenvalue weighted by Crippen LogP contribution is -2.38. The fraction of sp³-hybridized carbons (Fsp3) is 0.143. The first-order chi connectivity index (χ1) is 17.4. The Labute approximate surface area is 224 Å². The highest BCUT2D eigenvalue weighted by molar-refractivity contribution is 9.10. The zero-order chi connectivity index (χ0) is 25.0. The van der Waals surface area contributed by atoms with Gasteiger partial charge in [0.15, 0.2) is 16.3 Å². The van der Waals surface area contributed by atoms with Crippen molar-refractivity contribution in [2.75, 3.05) is 7.11 Å². The van der Waals surface area contributed by atoms with Crippen LogP contribution in [0.3, 0.4) is 0 Å². The SMILES string of the molecule is COc1cc(/C=c2\sc3n(c2=O)[C@H](c2ccc(Br)cc2)C2=C(N=3)c3ccccc3CC2)cc(Cl)c1O. The molecule has 1 N–H and O–H groups in total. The molecule has 1 aliphatic heterocycles. The van der Waals surface area contributed by atoms with Gasteiger partial charge in [0, 0.05) is 10.0 Å². The standard InChI is InChI=1S/C28H20BrClN2O3S/c1-35-22-13-15(12-21(30)26(22)33)14-23-27(34)32-25(17-6-9-18(29)10-7-17)20-11-8-16-4-2-3-5-19(16)24(20)31-28(32)36-23/h2-7,9-10,12-14,25,33H,8,11H2,1H3/b23-14-/t25-/m1/s1. The topological polar surface area (TPSA) is 63.8 Å². The molecule has 1 aliphatic carbocycles. The molecule has 2 aliphatic rings. The molecule has 0 spiro atoms. The predicted octanol–water partition coefficient (Wildman–Crippen LogP) is 5.45. The van der Waals surface area contributed by atoms with E-state index >= 15 is 0 Å². The molecular formula is C28H20BrClN2O3S. The van der Waals surface area contributed by atoms with Gasteiger partial charge in [-0.2, -0.15) is 0 Å². The zero-order valence-electron chi connectivity index (χ0n) is 19.2. The van der Waals surface area contributed by atoms with Crippen LogP contribution in [0.25, 0.3) is 11.8 Å². The Morgan fingerprint density at radius 1 is 1.17 bits per heavy atom. The first kappa shape index (κ1) is 23.3. The Hall–Kier alpha value is -3.13. The highest BCUT2D eigenvalue weighted by atomic mass is 79.9. The molecule has 0 bridgehead atoms. The van der Waals surface area contributed by atoms with Gasteiger partial charge in [0.05, 0.1) is 28.4 Å². The van der Waals surface area contributed by atoms with E-state index in [2.05, 4.69) is 46.3 Å². The molecule has 0 saturated carbocycles. The first-order valence-corrected chi connectivity index (χ1v) is 13.4. The number of hydrogen-bond donors (Lipinski definition) is 1. The lowest BCUT2D eigenvalue weighted by atomic mass is 9.83. The molecule has 0 fully saturated rings. The van der Waals surface area contributed by atoms with E-state index in [0.29, 0.717) is 14.9 Å². The van der Waals surface area contributed by atoms with Gasteiger partial charge in [-0.3, -0.25) is 9.36 Å². The number of thiazole rings is 1. The third-order valence-corrected chi connectivity index (χ3v) is 8.43. The number of fused-ring (bicyclic) bond motifs is 3. The summed E-state index contributed by atoms with van der Waals surface area (Å²) in [6.07, 6.45) is 3.52. The molecule has 180 valence electrons. The second kappa shape index (κ2) is 9.07. The molecule has 1 aromatic heterocycles. The maximum absolute atomic E-state index is 13.8. The third kappa shape index (κ3) is 3.82. The predicted molar refractivity (Wildman–Crippen MR) is 147 cm³/mol. The van der Waals surface area contributed by atoms with Crippen molar-refractivity contribution in [3.63, 3.8) is 0 Å². The Kier molecular flexibility index (Phi) is 5.86. The summed E-state index contributed by atoms with van der Waals surface area (Å²) < 4.78 is 8.57. The monoisotopic (exact) mass is 578 g/mol. The van der Waals surface area contributed by atoms with Gasteiger partial charge in [-0.25, -0.2) is 4.99 Å². The molecule has 0 amide bonds. The molecule has 1 atom stereocenters. The van der Waals surface area contributed by atoms with E-state index in [1.165, 1.54) is 24.0 Å².